The molecule has 1 heterocycles. The molecule has 144 valence electrons. The maximum atomic E-state index is 12.4. The zero-order valence-corrected chi connectivity index (χ0v) is 16.5. The van der Waals surface area contributed by atoms with Crippen molar-refractivity contribution in [3.05, 3.63) is 64.7 Å². The Bertz CT molecular complexity index is 759. The summed E-state index contributed by atoms with van der Waals surface area (Å²) in [5, 5.41) is 3.84. The van der Waals surface area contributed by atoms with Gasteiger partial charge in [-0.2, -0.15) is 0 Å². The minimum Gasteiger partial charge on any atom is -0.497 e. The Labute approximate surface area is 166 Å². The van der Waals surface area contributed by atoms with Gasteiger partial charge < -0.3 is 10.1 Å². The van der Waals surface area contributed by atoms with Crippen LogP contribution in [-0.4, -0.2) is 37.6 Å². The molecule has 1 fully saturated rings. The van der Waals surface area contributed by atoms with Gasteiger partial charge in [0.05, 0.1) is 13.2 Å². The van der Waals surface area contributed by atoms with Crippen molar-refractivity contribution < 1.29 is 9.53 Å². The molecule has 4 nitrogen and oxygen atoms in total. The van der Waals surface area contributed by atoms with Crippen LogP contribution < -0.4 is 10.1 Å². The summed E-state index contributed by atoms with van der Waals surface area (Å²) < 4.78 is 5.37. The zero-order chi connectivity index (χ0) is 19.1. The van der Waals surface area contributed by atoms with Gasteiger partial charge in [-0.05, 0) is 61.7 Å². The average Bonchev–Trinajstić information content (AvgIpc) is 3.22. The van der Waals surface area contributed by atoms with Crippen molar-refractivity contribution in [3.8, 4) is 5.75 Å². The number of methoxy groups -OCH3 is 1. The van der Waals surface area contributed by atoms with Crippen molar-refractivity contribution >= 4 is 17.5 Å². The van der Waals surface area contributed by atoms with Gasteiger partial charge in [0.1, 0.15) is 5.75 Å². The highest BCUT2D eigenvalue weighted by Crippen LogP contribution is 2.27. The fourth-order valence-corrected chi connectivity index (χ4v) is 3.84. The van der Waals surface area contributed by atoms with Gasteiger partial charge in [-0.1, -0.05) is 41.9 Å². The summed E-state index contributed by atoms with van der Waals surface area (Å²) in [5.41, 5.74) is 2.20. The molecule has 3 rings (SSSR count). The molecule has 1 aliphatic heterocycles. The molecule has 0 radical (unpaired) electrons. The Morgan fingerprint density at radius 2 is 1.96 bits per heavy atom. The number of hydrogen-bond donors (Lipinski definition) is 1. The van der Waals surface area contributed by atoms with E-state index in [1.807, 2.05) is 36.4 Å². The van der Waals surface area contributed by atoms with Gasteiger partial charge in [0, 0.05) is 18.0 Å². The molecule has 2 aromatic rings. The van der Waals surface area contributed by atoms with Gasteiger partial charge in [0.2, 0.25) is 5.91 Å². The third kappa shape index (κ3) is 5.47. The first-order valence-corrected chi connectivity index (χ1v) is 9.93. The van der Waals surface area contributed by atoms with E-state index in [4.69, 9.17) is 16.3 Å². The van der Waals surface area contributed by atoms with Crippen LogP contribution in [0.25, 0.3) is 0 Å². The molecule has 1 amide bonds. The van der Waals surface area contributed by atoms with E-state index >= 15 is 0 Å². The summed E-state index contributed by atoms with van der Waals surface area (Å²) in [5.74, 6) is 0.906. The van der Waals surface area contributed by atoms with Gasteiger partial charge in [0.25, 0.3) is 0 Å². The highest BCUT2D eigenvalue weighted by atomic mass is 35.5. The van der Waals surface area contributed by atoms with Gasteiger partial charge >= 0.3 is 0 Å². The number of aryl methyl sites for hydroxylation is 1. The third-order valence-corrected chi connectivity index (χ3v) is 5.50. The van der Waals surface area contributed by atoms with Crippen molar-refractivity contribution in [2.24, 2.45) is 0 Å². The van der Waals surface area contributed by atoms with Gasteiger partial charge in [0.15, 0.2) is 0 Å². The largest absolute Gasteiger partial charge is 0.497 e. The third-order valence-electron chi connectivity index (χ3n) is 5.13. The van der Waals surface area contributed by atoms with E-state index in [0.717, 1.165) is 29.4 Å². The number of amides is 1. The van der Waals surface area contributed by atoms with Crippen LogP contribution in [-0.2, 0) is 11.2 Å². The van der Waals surface area contributed by atoms with E-state index in [1.165, 1.54) is 18.4 Å². The quantitative estimate of drug-likeness (QED) is 0.738. The van der Waals surface area contributed by atoms with Crippen LogP contribution in [0, 0.1) is 0 Å². The lowest BCUT2D eigenvalue weighted by Gasteiger charge is -2.28. The Morgan fingerprint density at radius 1 is 1.19 bits per heavy atom. The molecule has 1 saturated heterocycles. The average molecular weight is 387 g/mol. The Morgan fingerprint density at radius 3 is 2.70 bits per heavy atom. The molecule has 2 aromatic carbocycles. The zero-order valence-electron chi connectivity index (χ0n) is 15.8. The van der Waals surface area contributed by atoms with E-state index < -0.39 is 0 Å². The number of ether oxygens (including phenoxy) is 1. The van der Waals surface area contributed by atoms with E-state index in [9.17, 15) is 4.79 Å². The number of nitrogens with zero attached hydrogens (tertiary/aromatic N) is 1. The Kier molecular flexibility index (Phi) is 7.13. The summed E-state index contributed by atoms with van der Waals surface area (Å²) in [6.07, 6.45) is 3.51. The summed E-state index contributed by atoms with van der Waals surface area (Å²) in [6.45, 7) is 2.74. The molecule has 0 aromatic heterocycles. The molecular formula is C22H27ClN2O2. The second-order valence-electron chi connectivity index (χ2n) is 6.93. The van der Waals surface area contributed by atoms with Gasteiger partial charge in [-0.3, -0.25) is 9.69 Å². The number of rotatable bonds is 8. The summed E-state index contributed by atoms with van der Waals surface area (Å²) in [7, 11) is 1.68. The first kappa shape index (κ1) is 19.7. The monoisotopic (exact) mass is 386 g/mol. The van der Waals surface area contributed by atoms with E-state index in [2.05, 4.69) is 22.3 Å². The van der Waals surface area contributed by atoms with E-state index in [1.54, 1.807) is 7.11 Å². The first-order valence-electron chi connectivity index (χ1n) is 9.55. The van der Waals surface area contributed by atoms with Crippen molar-refractivity contribution in [1.82, 2.24) is 10.2 Å². The first-order chi connectivity index (χ1) is 13.2. The molecule has 1 unspecified atom stereocenters. The molecule has 1 atom stereocenters. The molecule has 0 saturated carbocycles. The molecule has 0 aliphatic carbocycles. The number of halogens is 1. The Balaban J connectivity index is 1.60. The fraction of sp³-hybridized carbons (Fsp3) is 0.409. The topological polar surface area (TPSA) is 41.6 Å². The normalized spacial score (nSPS) is 15.5. The van der Waals surface area contributed by atoms with Crippen LogP contribution in [0.3, 0.4) is 0 Å². The number of nitrogens with one attached hydrogen (secondary N) is 1. The van der Waals surface area contributed by atoms with Gasteiger partial charge in [-0.25, -0.2) is 0 Å². The smallest absolute Gasteiger partial charge is 0.220 e. The number of carbonyl (C=O) groups is 1. The van der Waals surface area contributed by atoms with E-state index in [-0.39, 0.29) is 11.9 Å². The van der Waals surface area contributed by atoms with Crippen molar-refractivity contribution in [2.75, 3.05) is 26.7 Å². The number of hydrogen-bond acceptors (Lipinski definition) is 3. The molecule has 0 spiro atoms. The SMILES string of the molecule is COc1cccc(C(CNC(=O)CCc2ccccc2Cl)N2CCCC2)c1. The number of carbonyl (C=O) groups excluding carboxylic acids is 1. The molecule has 1 N–H and O–H groups in total. The van der Waals surface area contributed by atoms with Crippen LogP contribution in [0.2, 0.25) is 5.02 Å². The summed E-state index contributed by atoms with van der Waals surface area (Å²) in [4.78, 5) is 14.9. The highest BCUT2D eigenvalue weighted by Gasteiger charge is 2.24. The summed E-state index contributed by atoms with van der Waals surface area (Å²) in [6, 6.07) is 16.0. The molecule has 5 heteroatoms. The number of benzene rings is 2. The predicted octanol–water partition coefficient (Wildman–Crippen LogP) is 4.23. The maximum Gasteiger partial charge on any atom is 0.220 e. The lowest BCUT2D eigenvalue weighted by atomic mass is 10.0. The minimum atomic E-state index is 0.0574. The van der Waals surface area contributed by atoms with Crippen molar-refractivity contribution in [3.63, 3.8) is 0 Å². The van der Waals surface area contributed by atoms with Crippen LogP contribution in [0.1, 0.15) is 36.4 Å². The fourth-order valence-electron chi connectivity index (χ4n) is 3.61. The maximum absolute atomic E-state index is 12.4. The predicted molar refractivity (Wildman–Crippen MR) is 109 cm³/mol. The van der Waals surface area contributed by atoms with Gasteiger partial charge in [-0.15, -0.1) is 0 Å². The van der Waals surface area contributed by atoms with Crippen LogP contribution >= 0.6 is 11.6 Å². The van der Waals surface area contributed by atoms with Crippen molar-refractivity contribution in [2.45, 2.75) is 31.7 Å². The van der Waals surface area contributed by atoms with Crippen LogP contribution in [0.5, 0.6) is 5.75 Å². The van der Waals surface area contributed by atoms with E-state index in [0.29, 0.717) is 19.4 Å². The molecular weight excluding hydrogens is 360 g/mol. The summed E-state index contributed by atoms with van der Waals surface area (Å²) >= 11 is 6.18. The lowest BCUT2D eigenvalue weighted by Crippen LogP contribution is -2.36. The molecule has 0 bridgehead atoms. The Hall–Kier alpha value is -2.04. The van der Waals surface area contributed by atoms with Crippen LogP contribution in [0.15, 0.2) is 48.5 Å². The minimum absolute atomic E-state index is 0.0574. The molecule has 1 aliphatic rings. The lowest BCUT2D eigenvalue weighted by molar-refractivity contribution is -0.121. The second-order valence-corrected chi connectivity index (χ2v) is 7.34. The number of likely N-dealkylation sites (tertiary alicyclic amines) is 1. The van der Waals surface area contributed by atoms with Crippen molar-refractivity contribution in [1.29, 1.82) is 0 Å². The van der Waals surface area contributed by atoms with Crippen LogP contribution in [0.4, 0.5) is 0 Å². The highest BCUT2D eigenvalue weighted by molar-refractivity contribution is 6.31. The second kappa shape index (κ2) is 9.77. The standard InChI is InChI=1S/C22H27ClN2O2/c1-27-19-9-6-8-18(15-19)21(25-13-4-5-14-25)16-24-22(26)12-11-17-7-2-3-10-20(17)23/h2-3,6-10,15,21H,4-5,11-14,16H2,1H3,(H,24,26). The molecule has 27 heavy (non-hydrogen) atoms.